The molecule has 0 heterocycles. The Morgan fingerprint density at radius 3 is 2.22 bits per heavy atom. The number of hydrogen-bond acceptors (Lipinski definition) is 5. The standard InChI is InChI=1S/C24H35FN2O5/c1-16(2)11-19(22(28)27-21(12-17(3)4)23(29)31-5)13-20(25)14-26-24(30)32-15-18-9-7-6-8-10-18/h6-10,13,16-17,19,21H,11-12,14-15H2,1-5H3,(H,26,30)(H,27,28)/b20-13-/t19-,21+/m1/s1. The Morgan fingerprint density at radius 1 is 1.03 bits per heavy atom. The molecular weight excluding hydrogens is 415 g/mol. The molecule has 8 heteroatoms. The maximum Gasteiger partial charge on any atom is 0.407 e. The lowest BCUT2D eigenvalue weighted by molar-refractivity contribution is -0.146. The third-order valence-electron chi connectivity index (χ3n) is 4.57. The first kappa shape index (κ1) is 27.1. The minimum Gasteiger partial charge on any atom is -0.467 e. The van der Waals surface area contributed by atoms with Gasteiger partial charge in [-0.05, 0) is 36.3 Å². The fraction of sp³-hybridized carbons (Fsp3) is 0.542. The van der Waals surface area contributed by atoms with Crippen molar-refractivity contribution in [1.82, 2.24) is 10.6 Å². The van der Waals surface area contributed by atoms with Gasteiger partial charge in [-0.1, -0.05) is 58.0 Å². The van der Waals surface area contributed by atoms with Crippen LogP contribution in [0, 0.1) is 17.8 Å². The first-order chi connectivity index (χ1) is 15.1. The molecule has 0 aliphatic rings. The maximum atomic E-state index is 14.5. The number of benzene rings is 1. The molecule has 0 bridgehead atoms. The Morgan fingerprint density at radius 2 is 1.66 bits per heavy atom. The van der Waals surface area contributed by atoms with Gasteiger partial charge in [-0.2, -0.15) is 0 Å². The van der Waals surface area contributed by atoms with Crippen LogP contribution in [0.5, 0.6) is 0 Å². The minimum atomic E-state index is -0.801. The van der Waals surface area contributed by atoms with Gasteiger partial charge in [-0.25, -0.2) is 14.0 Å². The molecule has 0 aliphatic heterocycles. The number of alkyl carbamates (subject to hydrolysis) is 1. The van der Waals surface area contributed by atoms with Gasteiger partial charge in [0.15, 0.2) is 0 Å². The van der Waals surface area contributed by atoms with Crippen molar-refractivity contribution in [2.24, 2.45) is 17.8 Å². The summed E-state index contributed by atoms with van der Waals surface area (Å²) < 4.78 is 24.3. The highest BCUT2D eigenvalue weighted by molar-refractivity contribution is 5.86. The molecule has 178 valence electrons. The summed E-state index contributed by atoms with van der Waals surface area (Å²) in [6.07, 6.45) is 1.21. The second-order valence-corrected chi connectivity index (χ2v) is 8.48. The first-order valence-corrected chi connectivity index (χ1v) is 10.8. The second-order valence-electron chi connectivity index (χ2n) is 8.48. The summed E-state index contributed by atoms with van der Waals surface area (Å²) >= 11 is 0. The van der Waals surface area contributed by atoms with Crippen LogP contribution in [0.4, 0.5) is 9.18 Å². The van der Waals surface area contributed by atoms with Crippen molar-refractivity contribution in [2.45, 2.75) is 53.2 Å². The van der Waals surface area contributed by atoms with E-state index in [4.69, 9.17) is 9.47 Å². The molecule has 1 aromatic rings. The molecule has 0 spiro atoms. The van der Waals surface area contributed by atoms with E-state index in [1.807, 2.05) is 58.0 Å². The Balaban J connectivity index is 2.70. The summed E-state index contributed by atoms with van der Waals surface area (Å²) in [5, 5.41) is 5.01. The molecule has 0 unspecified atom stereocenters. The number of hydrogen-bond donors (Lipinski definition) is 2. The minimum absolute atomic E-state index is 0.0706. The Hall–Kier alpha value is -2.90. The molecule has 32 heavy (non-hydrogen) atoms. The van der Waals surface area contributed by atoms with Gasteiger partial charge < -0.3 is 20.1 Å². The van der Waals surface area contributed by atoms with Gasteiger partial charge in [-0.3, -0.25) is 4.79 Å². The monoisotopic (exact) mass is 450 g/mol. The van der Waals surface area contributed by atoms with Crippen LogP contribution in [0.3, 0.4) is 0 Å². The molecule has 0 saturated heterocycles. The van der Waals surface area contributed by atoms with Gasteiger partial charge in [0.2, 0.25) is 5.91 Å². The van der Waals surface area contributed by atoms with Gasteiger partial charge in [0, 0.05) is 0 Å². The molecule has 0 radical (unpaired) electrons. The van der Waals surface area contributed by atoms with E-state index in [9.17, 15) is 18.8 Å². The van der Waals surface area contributed by atoms with Crippen molar-refractivity contribution in [3.05, 3.63) is 47.8 Å². The number of esters is 1. The zero-order valence-electron chi connectivity index (χ0n) is 19.5. The van der Waals surface area contributed by atoms with E-state index in [-0.39, 0.29) is 18.4 Å². The number of halogens is 1. The predicted octanol–water partition coefficient (Wildman–Crippen LogP) is 4.13. The van der Waals surface area contributed by atoms with Crippen LogP contribution in [-0.2, 0) is 25.7 Å². The van der Waals surface area contributed by atoms with Crippen molar-refractivity contribution in [3.8, 4) is 0 Å². The summed E-state index contributed by atoms with van der Waals surface area (Å²) in [4.78, 5) is 36.6. The lowest BCUT2D eigenvalue weighted by Gasteiger charge is -2.22. The molecule has 7 nitrogen and oxygen atoms in total. The van der Waals surface area contributed by atoms with Gasteiger partial charge in [-0.15, -0.1) is 0 Å². The predicted molar refractivity (Wildman–Crippen MR) is 120 cm³/mol. The first-order valence-electron chi connectivity index (χ1n) is 10.8. The highest BCUT2D eigenvalue weighted by atomic mass is 19.1. The summed E-state index contributed by atoms with van der Waals surface area (Å²) in [5.41, 5.74) is 0.814. The smallest absolute Gasteiger partial charge is 0.407 e. The van der Waals surface area contributed by atoms with Crippen LogP contribution >= 0.6 is 0 Å². The van der Waals surface area contributed by atoms with Gasteiger partial charge >= 0.3 is 12.1 Å². The fourth-order valence-corrected chi connectivity index (χ4v) is 3.07. The maximum absolute atomic E-state index is 14.5. The lowest BCUT2D eigenvalue weighted by atomic mass is 9.94. The third-order valence-corrected chi connectivity index (χ3v) is 4.57. The number of rotatable bonds is 12. The molecule has 2 atom stereocenters. The molecule has 1 aromatic carbocycles. The number of carbonyl (C=O) groups excluding carboxylic acids is 3. The molecule has 2 amide bonds. The van der Waals surface area contributed by atoms with E-state index in [1.54, 1.807) is 0 Å². The van der Waals surface area contributed by atoms with E-state index < -0.39 is 42.3 Å². The topological polar surface area (TPSA) is 93.7 Å². The molecule has 0 aromatic heterocycles. The van der Waals surface area contributed by atoms with E-state index in [1.165, 1.54) is 13.2 Å². The van der Waals surface area contributed by atoms with Crippen LogP contribution in [0.25, 0.3) is 0 Å². The second kappa shape index (κ2) is 14.2. The van der Waals surface area contributed by atoms with Gasteiger partial charge in [0.1, 0.15) is 18.5 Å². The number of nitrogens with one attached hydrogen (secondary N) is 2. The van der Waals surface area contributed by atoms with E-state index in [0.29, 0.717) is 12.8 Å². The summed E-state index contributed by atoms with van der Waals surface area (Å²) in [7, 11) is 1.26. The van der Waals surface area contributed by atoms with Crippen LogP contribution < -0.4 is 10.6 Å². The van der Waals surface area contributed by atoms with Crippen LogP contribution in [-0.4, -0.2) is 37.7 Å². The molecule has 2 N–H and O–H groups in total. The summed E-state index contributed by atoms with van der Waals surface area (Å²) in [5.74, 6) is -2.20. The summed E-state index contributed by atoms with van der Waals surface area (Å²) in [6.45, 7) is 7.35. The number of amides is 2. The van der Waals surface area contributed by atoms with Crippen molar-refractivity contribution < 1.29 is 28.2 Å². The SMILES string of the molecule is COC(=O)[C@H](CC(C)C)NC(=O)[C@@H](/C=C(\F)CNC(=O)OCc1ccccc1)CC(C)C. The number of methoxy groups -OCH3 is 1. The van der Waals surface area contributed by atoms with Crippen molar-refractivity contribution >= 4 is 18.0 Å². The highest BCUT2D eigenvalue weighted by Crippen LogP contribution is 2.17. The molecule has 0 saturated carbocycles. The van der Waals surface area contributed by atoms with E-state index in [0.717, 1.165) is 5.56 Å². The van der Waals surface area contributed by atoms with Crippen molar-refractivity contribution in [2.75, 3.05) is 13.7 Å². The Bertz CT molecular complexity index is 765. The zero-order chi connectivity index (χ0) is 24.1. The largest absolute Gasteiger partial charge is 0.467 e. The normalized spacial score (nSPS) is 13.4. The lowest BCUT2D eigenvalue weighted by Crippen LogP contribution is -2.45. The van der Waals surface area contributed by atoms with Gasteiger partial charge in [0.25, 0.3) is 0 Å². The average Bonchev–Trinajstić information content (AvgIpc) is 2.74. The molecule has 0 fully saturated rings. The molecule has 0 aliphatic carbocycles. The zero-order valence-corrected chi connectivity index (χ0v) is 19.5. The van der Waals surface area contributed by atoms with E-state index in [2.05, 4.69) is 10.6 Å². The Kier molecular flexibility index (Phi) is 12.1. The van der Waals surface area contributed by atoms with Crippen molar-refractivity contribution in [1.29, 1.82) is 0 Å². The average molecular weight is 451 g/mol. The van der Waals surface area contributed by atoms with Crippen molar-refractivity contribution in [3.63, 3.8) is 0 Å². The Labute approximate surface area is 189 Å². The summed E-state index contributed by atoms with van der Waals surface area (Å²) in [6, 6.07) is 8.32. The quantitative estimate of drug-likeness (QED) is 0.467. The highest BCUT2D eigenvalue weighted by Gasteiger charge is 2.27. The van der Waals surface area contributed by atoms with E-state index >= 15 is 0 Å². The van der Waals surface area contributed by atoms with Gasteiger partial charge in [0.05, 0.1) is 19.6 Å². The number of carbonyl (C=O) groups is 3. The number of ether oxygens (including phenoxy) is 2. The van der Waals surface area contributed by atoms with Crippen LogP contribution in [0.2, 0.25) is 0 Å². The third kappa shape index (κ3) is 10.9. The van der Waals surface area contributed by atoms with Crippen LogP contribution in [0.15, 0.2) is 42.2 Å². The molecular formula is C24H35FN2O5. The molecule has 1 rings (SSSR count). The fourth-order valence-electron chi connectivity index (χ4n) is 3.07. The van der Waals surface area contributed by atoms with Crippen LogP contribution in [0.1, 0.15) is 46.1 Å².